The van der Waals surface area contributed by atoms with Crippen molar-refractivity contribution in [1.29, 1.82) is 0 Å². The number of nitrogen functional groups attached to an aromatic ring is 1. The molecule has 24 heavy (non-hydrogen) atoms. The van der Waals surface area contributed by atoms with Crippen LogP contribution in [-0.2, 0) is 14.9 Å². The SMILES string of the molecule is Nc1nc(OS(=O)(=O)C(F)(F)F)c([N+](=O)[O-])c(C2C=CC=CO2)n1. The number of alkyl halides is 3. The minimum Gasteiger partial charge on any atom is -0.487 e. The van der Waals surface area contributed by atoms with Crippen LogP contribution in [0.25, 0.3) is 0 Å². The van der Waals surface area contributed by atoms with Crippen molar-refractivity contribution in [3.63, 3.8) is 0 Å². The van der Waals surface area contributed by atoms with Crippen molar-refractivity contribution in [2.24, 2.45) is 0 Å². The first-order chi connectivity index (χ1) is 11.0. The Morgan fingerprint density at radius 2 is 2.00 bits per heavy atom. The fourth-order valence-corrected chi connectivity index (χ4v) is 2.01. The summed E-state index contributed by atoms with van der Waals surface area (Å²) in [7, 11) is -6.19. The lowest BCUT2D eigenvalue weighted by atomic mass is 10.2. The van der Waals surface area contributed by atoms with Crippen LogP contribution in [0.2, 0.25) is 0 Å². The van der Waals surface area contributed by atoms with Gasteiger partial charge in [0.05, 0.1) is 11.2 Å². The van der Waals surface area contributed by atoms with Crippen LogP contribution in [0, 0.1) is 10.1 Å². The average molecular weight is 368 g/mol. The fraction of sp³-hybridized carbons (Fsp3) is 0.200. The molecule has 0 aromatic carbocycles. The summed E-state index contributed by atoms with van der Waals surface area (Å²) in [6.07, 6.45) is 4.06. The zero-order valence-corrected chi connectivity index (χ0v) is 12.1. The van der Waals surface area contributed by atoms with Gasteiger partial charge in [-0.25, -0.2) is 4.98 Å². The van der Waals surface area contributed by atoms with E-state index in [9.17, 15) is 31.7 Å². The number of nitro groups is 1. The van der Waals surface area contributed by atoms with Gasteiger partial charge in [0.25, 0.3) is 0 Å². The minimum atomic E-state index is -6.19. The second kappa shape index (κ2) is 5.95. The molecule has 0 amide bonds. The van der Waals surface area contributed by atoms with Crippen molar-refractivity contribution in [3.8, 4) is 5.88 Å². The number of aromatic nitrogens is 2. The zero-order valence-electron chi connectivity index (χ0n) is 11.3. The Labute approximate surface area is 131 Å². The molecule has 0 bridgehead atoms. The Morgan fingerprint density at radius 3 is 2.50 bits per heavy atom. The molecule has 2 N–H and O–H groups in total. The molecule has 1 aliphatic rings. The van der Waals surface area contributed by atoms with Crippen LogP contribution in [0.5, 0.6) is 5.88 Å². The van der Waals surface area contributed by atoms with E-state index in [-0.39, 0.29) is 0 Å². The smallest absolute Gasteiger partial charge is 0.487 e. The van der Waals surface area contributed by atoms with Crippen molar-refractivity contribution in [1.82, 2.24) is 9.97 Å². The molecule has 0 aliphatic carbocycles. The highest BCUT2D eigenvalue weighted by atomic mass is 32.2. The fourth-order valence-electron chi connectivity index (χ4n) is 1.59. The first-order valence-corrected chi connectivity index (χ1v) is 7.25. The van der Waals surface area contributed by atoms with Crippen LogP contribution in [0.1, 0.15) is 11.8 Å². The van der Waals surface area contributed by atoms with Crippen molar-refractivity contribution >= 4 is 21.8 Å². The lowest BCUT2D eigenvalue weighted by molar-refractivity contribution is -0.387. The molecule has 0 saturated heterocycles. The molecule has 0 saturated carbocycles. The van der Waals surface area contributed by atoms with E-state index in [4.69, 9.17) is 10.5 Å². The Bertz CT molecular complexity index is 836. The van der Waals surface area contributed by atoms with Gasteiger partial charge in [0.2, 0.25) is 5.95 Å². The molecule has 1 unspecified atom stereocenters. The highest BCUT2D eigenvalue weighted by molar-refractivity contribution is 7.88. The molecule has 1 atom stereocenters. The summed E-state index contributed by atoms with van der Waals surface area (Å²) < 4.78 is 68.1. The van der Waals surface area contributed by atoms with Gasteiger partial charge < -0.3 is 14.7 Å². The highest BCUT2D eigenvalue weighted by Crippen LogP contribution is 2.37. The van der Waals surface area contributed by atoms with Gasteiger partial charge in [-0.15, -0.1) is 0 Å². The molecule has 130 valence electrons. The van der Waals surface area contributed by atoms with Crippen molar-refractivity contribution in [3.05, 3.63) is 40.3 Å². The van der Waals surface area contributed by atoms with Gasteiger partial charge in [-0.05, 0) is 12.2 Å². The molecule has 1 aromatic heterocycles. The van der Waals surface area contributed by atoms with E-state index in [1.54, 1.807) is 0 Å². The van der Waals surface area contributed by atoms with Crippen LogP contribution in [0.3, 0.4) is 0 Å². The topological polar surface area (TPSA) is 148 Å². The maximum Gasteiger partial charge on any atom is 0.534 e. The van der Waals surface area contributed by atoms with E-state index in [2.05, 4.69) is 14.2 Å². The molecular weight excluding hydrogens is 361 g/mol. The number of ether oxygens (including phenoxy) is 1. The molecule has 14 heteroatoms. The van der Waals surface area contributed by atoms with Gasteiger partial charge in [-0.3, -0.25) is 10.1 Å². The van der Waals surface area contributed by atoms with E-state index in [0.29, 0.717) is 0 Å². The molecule has 0 fully saturated rings. The number of nitrogens with zero attached hydrogens (tertiary/aromatic N) is 3. The number of rotatable bonds is 4. The van der Waals surface area contributed by atoms with Gasteiger partial charge in [-0.1, -0.05) is 6.08 Å². The Hall–Kier alpha value is -2.90. The van der Waals surface area contributed by atoms with Crippen LogP contribution in [-0.4, -0.2) is 28.8 Å². The summed E-state index contributed by atoms with van der Waals surface area (Å²) in [5.74, 6) is -2.21. The molecule has 2 heterocycles. The molecule has 0 spiro atoms. The largest absolute Gasteiger partial charge is 0.534 e. The van der Waals surface area contributed by atoms with Gasteiger partial charge >= 0.3 is 27.2 Å². The van der Waals surface area contributed by atoms with Crippen molar-refractivity contribution < 1.29 is 35.4 Å². The first-order valence-electron chi connectivity index (χ1n) is 5.84. The Kier molecular flexibility index (Phi) is 4.33. The number of halogens is 3. The van der Waals surface area contributed by atoms with Gasteiger partial charge in [-0.2, -0.15) is 26.6 Å². The summed E-state index contributed by atoms with van der Waals surface area (Å²) in [5, 5.41) is 11.2. The quantitative estimate of drug-likeness (QED) is 0.359. The van der Waals surface area contributed by atoms with Crippen LogP contribution >= 0.6 is 0 Å². The van der Waals surface area contributed by atoms with Crippen LogP contribution < -0.4 is 9.92 Å². The van der Waals surface area contributed by atoms with Crippen LogP contribution in [0.4, 0.5) is 24.8 Å². The average Bonchev–Trinajstić information content (AvgIpc) is 2.45. The minimum absolute atomic E-state index is 0.569. The third-order valence-electron chi connectivity index (χ3n) is 2.52. The maximum atomic E-state index is 12.4. The predicted molar refractivity (Wildman–Crippen MR) is 70.8 cm³/mol. The number of allylic oxidation sites excluding steroid dienone is 2. The molecule has 1 aromatic rings. The zero-order chi connectivity index (χ0) is 18.1. The van der Waals surface area contributed by atoms with Crippen molar-refractivity contribution in [2.75, 3.05) is 5.73 Å². The van der Waals surface area contributed by atoms with E-state index >= 15 is 0 Å². The normalized spacial score (nSPS) is 17.4. The molecule has 0 radical (unpaired) electrons. The van der Waals surface area contributed by atoms with E-state index in [1.165, 1.54) is 18.2 Å². The van der Waals surface area contributed by atoms with Crippen LogP contribution in [0.15, 0.2) is 24.5 Å². The number of anilines is 1. The molecule has 1 aliphatic heterocycles. The summed E-state index contributed by atoms with van der Waals surface area (Å²) in [6, 6.07) is 0. The second-order valence-electron chi connectivity index (χ2n) is 4.13. The third-order valence-corrected chi connectivity index (χ3v) is 3.47. The third kappa shape index (κ3) is 3.37. The lowest BCUT2D eigenvalue weighted by Crippen LogP contribution is -2.29. The van der Waals surface area contributed by atoms with Gasteiger partial charge in [0, 0.05) is 0 Å². The lowest BCUT2D eigenvalue weighted by Gasteiger charge is -2.16. The van der Waals surface area contributed by atoms with Crippen molar-refractivity contribution in [2.45, 2.75) is 11.6 Å². The van der Waals surface area contributed by atoms with E-state index in [0.717, 1.165) is 6.26 Å². The van der Waals surface area contributed by atoms with E-state index < -0.39 is 49.9 Å². The van der Waals surface area contributed by atoms with Gasteiger partial charge in [0.1, 0.15) is 0 Å². The Morgan fingerprint density at radius 1 is 1.33 bits per heavy atom. The summed E-state index contributed by atoms with van der Waals surface area (Å²) in [5.41, 5.74) is -2.34. The number of hydrogen-bond acceptors (Lipinski definition) is 9. The highest BCUT2D eigenvalue weighted by Gasteiger charge is 2.50. The maximum absolute atomic E-state index is 12.4. The monoisotopic (exact) mass is 368 g/mol. The Balaban J connectivity index is 2.60. The first kappa shape index (κ1) is 17.5. The predicted octanol–water partition coefficient (Wildman–Crippen LogP) is 1.34. The number of nitrogens with two attached hydrogens (primary N) is 1. The molecule has 2 rings (SSSR count). The summed E-state index contributed by atoms with van der Waals surface area (Å²) in [4.78, 5) is 16.6. The van der Waals surface area contributed by atoms with E-state index in [1.807, 2.05) is 0 Å². The summed E-state index contributed by atoms with van der Waals surface area (Å²) >= 11 is 0. The summed E-state index contributed by atoms with van der Waals surface area (Å²) in [6.45, 7) is 0. The number of hydrogen-bond donors (Lipinski definition) is 1. The standard InChI is InChI=1S/C10H7F3N4O6S/c11-10(12,13)24(20,21)23-8-7(17(18)19)6(15-9(14)16-8)5-3-1-2-4-22-5/h1-5H,(H2,14,15,16). The van der Waals surface area contributed by atoms with Gasteiger partial charge in [0.15, 0.2) is 11.8 Å². The second-order valence-corrected chi connectivity index (χ2v) is 5.67. The molecule has 10 nitrogen and oxygen atoms in total. The molecular formula is C10H7F3N4O6S.